The highest BCUT2D eigenvalue weighted by atomic mass is 16.5. The van der Waals surface area contributed by atoms with Crippen LogP contribution in [0.1, 0.15) is 41.9 Å². The number of carboxylic acid groups (broad SMARTS) is 1. The van der Waals surface area contributed by atoms with Crippen LogP contribution >= 0.6 is 0 Å². The summed E-state index contributed by atoms with van der Waals surface area (Å²) in [4.78, 5) is 14.7. The molecule has 0 amide bonds. The topological polar surface area (TPSA) is 59.4 Å². The van der Waals surface area contributed by atoms with Gasteiger partial charge in [-0.3, -0.25) is 0 Å². The molecule has 1 aromatic heterocycles. The first kappa shape index (κ1) is 10.1. The quantitative estimate of drug-likeness (QED) is 0.805. The van der Waals surface area contributed by atoms with Gasteiger partial charge in [-0.2, -0.15) is 0 Å². The Morgan fingerprint density at radius 2 is 2.47 bits per heavy atom. The summed E-state index contributed by atoms with van der Waals surface area (Å²) in [6.07, 6.45) is 2.42. The van der Waals surface area contributed by atoms with Crippen LogP contribution in [0.4, 0.5) is 0 Å². The Labute approximate surface area is 87.9 Å². The molecular weight excluding hydrogens is 194 g/mol. The van der Waals surface area contributed by atoms with Crippen LogP contribution in [0.5, 0.6) is 0 Å². The van der Waals surface area contributed by atoms with E-state index < -0.39 is 5.97 Å². The Balaban J connectivity index is 2.51. The minimum absolute atomic E-state index is 0.0823. The Bertz CT molecular complexity index is 416. The molecule has 80 valence electrons. The molecule has 4 heteroatoms. The fourth-order valence-electron chi connectivity index (χ4n) is 1.82. The number of aromatic nitrogens is 1. The monoisotopic (exact) mass is 207 g/mol. The van der Waals surface area contributed by atoms with Crippen LogP contribution in [0.15, 0.2) is 12.3 Å². The molecule has 0 saturated heterocycles. The van der Waals surface area contributed by atoms with Crippen LogP contribution in [0.25, 0.3) is 0 Å². The number of pyridine rings is 1. The van der Waals surface area contributed by atoms with Gasteiger partial charge in [0.15, 0.2) is 0 Å². The van der Waals surface area contributed by atoms with Crippen molar-refractivity contribution in [2.75, 3.05) is 0 Å². The van der Waals surface area contributed by atoms with E-state index in [4.69, 9.17) is 9.84 Å². The molecule has 2 rings (SSSR count). The molecule has 1 aliphatic heterocycles. The van der Waals surface area contributed by atoms with Gasteiger partial charge in [-0.1, -0.05) is 6.92 Å². The van der Waals surface area contributed by atoms with Crippen molar-refractivity contribution in [3.05, 3.63) is 29.1 Å². The van der Waals surface area contributed by atoms with Crippen molar-refractivity contribution in [2.24, 2.45) is 0 Å². The number of nitrogens with zero attached hydrogens (tertiary/aromatic N) is 1. The fourth-order valence-corrected chi connectivity index (χ4v) is 1.82. The van der Waals surface area contributed by atoms with E-state index in [0.717, 1.165) is 17.5 Å². The highest BCUT2D eigenvalue weighted by molar-refractivity contribution is 5.85. The summed E-state index contributed by atoms with van der Waals surface area (Å²) in [5, 5.41) is 8.86. The van der Waals surface area contributed by atoms with E-state index in [1.165, 1.54) is 0 Å². The minimum atomic E-state index is -0.997. The molecular formula is C11H13NO3. The summed E-state index contributed by atoms with van der Waals surface area (Å²) in [5.41, 5.74) is 1.67. The lowest BCUT2D eigenvalue weighted by Gasteiger charge is -2.22. The van der Waals surface area contributed by atoms with Crippen LogP contribution < -0.4 is 0 Å². The van der Waals surface area contributed by atoms with Crippen molar-refractivity contribution in [1.82, 2.24) is 4.98 Å². The Morgan fingerprint density at radius 3 is 3.07 bits per heavy atom. The first-order valence-electron chi connectivity index (χ1n) is 4.93. The van der Waals surface area contributed by atoms with Gasteiger partial charge in [0.2, 0.25) is 0 Å². The molecule has 1 N–H and O–H groups in total. The Hall–Kier alpha value is -1.42. The second kappa shape index (κ2) is 3.31. The van der Waals surface area contributed by atoms with E-state index in [1.54, 1.807) is 12.3 Å². The molecule has 1 aromatic rings. The third-order valence-corrected chi connectivity index (χ3v) is 3.00. The number of rotatable bonds is 2. The van der Waals surface area contributed by atoms with Crippen molar-refractivity contribution in [3.63, 3.8) is 0 Å². The predicted molar refractivity (Wildman–Crippen MR) is 53.6 cm³/mol. The zero-order valence-electron chi connectivity index (χ0n) is 8.78. The Morgan fingerprint density at radius 1 is 1.73 bits per heavy atom. The van der Waals surface area contributed by atoms with Crippen LogP contribution in [0.3, 0.4) is 0 Å². The standard InChI is InChI=1S/C11H13NO3/c1-3-11(2)8-4-9(10(13)14)12-5-7(8)6-15-11/h4-5H,3,6H2,1-2H3,(H,13,14)/t11-/m1/s1. The van der Waals surface area contributed by atoms with Gasteiger partial charge >= 0.3 is 5.97 Å². The molecule has 2 heterocycles. The van der Waals surface area contributed by atoms with Crippen molar-refractivity contribution in [1.29, 1.82) is 0 Å². The third-order valence-electron chi connectivity index (χ3n) is 3.00. The van der Waals surface area contributed by atoms with Crippen LogP contribution in [0, 0.1) is 0 Å². The van der Waals surface area contributed by atoms with Gasteiger partial charge in [0, 0.05) is 11.8 Å². The highest BCUT2D eigenvalue weighted by Crippen LogP contribution is 2.38. The number of fused-ring (bicyclic) bond motifs is 1. The number of aromatic carboxylic acids is 1. The third kappa shape index (κ3) is 1.51. The van der Waals surface area contributed by atoms with Crippen LogP contribution in [-0.4, -0.2) is 16.1 Å². The van der Waals surface area contributed by atoms with E-state index in [9.17, 15) is 4.79 Å². The average Bonchev–Trinajstić information content (AvgIpc) is 2.57. The number of carbonyl (C=O) groups is 1. The molecule has 0 saturated carbocycles. The van der Waals surface area contributed by atoms with Gasteiger partial charge in [-0.05, 0) is 25.0 Å². The van der Waals surface area contributed by atoms with Gasteiger partial charge in [0.25, 0.3) is 0 Å². The van der Waals surface area contributed by atoms with Crippen molar-refractivity contribution in [3.8, 4) is 0 Å². The van der Waals surface area contributed by atoms with Gasteiger partial charge in [-0.15, -0.1) is 0 Å². The van der Waals surface area contributed by atoms with Gasteiger partial charge in [-0.25, -0.2) is 9.78 Å². The van der Waals surface area contributed by atoms with Crippen LogP contribution in [-0.2, 0) is 16.9 Å². The molecule has 15 heavy (non-hydrogen) atoms. The maximum absolute atomic E-state index is 10.8. The summed E-state index contributed by atoms with van der Waals surface area (Å²) in [6, 6.07) is 1.62. The normalized spacial score (nSPS) is 23.9. The molecule has 0 bridgehead atoms. The van der Waals surface area contributed by atoms with Crippen molar-refractivity contribution < 1.29 is 14.6 Å². The summed E-state index contributed by atoms with van der Waals surface area (Å²) >= 11 is 0. The van der Waals surface area contributed by atoms with Crippen molar-refractivity contribution in [2.45, 2.75) is 32.5 Å². The van der Waals surface area contributed by atoms with E-state index in [0.29, 0.717) is 6.61 Å². The van der Waals surface area contributed by atoms with E-state index in [2.05, 4.69) is 4.98 Å². The largest absolute Gasteiger partial charge is 0.477 e. The lowest BCUT2D eigenvalue weighted by molar-refractivity contribution is -0.0259. The fraction of sp³-hybridized carbons (Fsp3) is 0.455. The maximum atomic E-state index is 10.8. The number of hydrogen-bond acceptors (Lipinski definition) is 3. The SMILES string of the molecule is CC[C@@]1(C)OCc2cnc(C(=O)O)cc21. The lowest BCUT2D eigenvalue weighted by atomic mass is 9.92. The van der Waals surface area contributed by atoms with Gasteiger partial charge < -0.3 is 9.84 Å². The second-order valence-corrected chi connectivity index (χ2v) is 3.90. The summed E-state index contributed by atoms with van der Waals surface area (Å²) in [7, 11) is 0. The minimum Gasteiger partial charge on any atom is -0.477 e. The van der Waals surface area contributed by atoms with E-state index in [-0.39, 0.29) is 11.3 Å². The van der Waals surface area contributed by atoms with E-state index >= 15 is 0 Å². The molecule has 1 atom stereocenters. The summed E-state index contributed by atoms with van der Waals surface area (Å²) in [6.45, 7) is 4.52. The molecule has 1 aliphatic rings. The number of hydrogen-bond donors (Lipinski definition) is 1. The number of carboxylic acids is 1. The zero-order chi connectivity index (χ0) is 11.1. The number of ether oxygens (including phenoxy) is 1. The molecule has 0 fully saturated rings. The first-order valence-corrected chi connectivity index (χ1v) is 4.93. The second-order valence-electron chi connectivity index (χ2n) is 3.90. The van der Waals surface area contributed by atoms with Gasteiger partial charge in [0.1, 0.15) is 5.69 Å². The molecule has 4 nitrogen and oxygen atoms in total. The lowest BCUT2D eigenvalue weighted by Crippen LogP contribution is -2.19. The van der Waals surface area contributed by atoms with Gasteiger partial charge in [0.05, 0.1) is 12.2 Å². The maximum Gasteiger partial charge on any atom is 0.354 e. The smallest absolute Gasteiger partial charge is 0.354 e. The van der Waals surface area contributed by atoms with Crippen molar-refractivity contribution >= 4 is 5.97 Å². The Kier molecular flexibility index (Phi) is 2.23. The first-order chi connectivity index (χ1) is 7.07. The summed E-state index contributed by atoms with van der Waals surface area (Å²) < 4.78 is 5.66. The zero-order valence-corrected chi connectivity index (χ0v) is 8.78. The molecule has 0 aromatic carbocycles. The molecule has 0 radical (unpaired) electrons. The highest BCUT2D eigenvalue weighted by Gasteiger charge is 2.34. The predicted octanol–water partition coefficient (Wildman–Crippen LogP) is 1.94. The molecule has 0 unspecified atom stereocenters. The van der Waals surface area contributed by atoms with E-state index in [1.807, 2.05) is 13.8 Å². The van der Waals surface area contributed by atoms with Crippen LogP contribution in [0.2, 0.25) is 0 Å². The summed E-state index contributed by atoms with van der Waals surface area (Å²) in [5.74, 6) is -0.997. The molecule has 0 aliphatic carbocycles. The molecule has 0 spiro atoms. The average molecular weight is 207 g/mol.